The average Bonchev–Trinajstić information content (AvgIpc) is 3.51. The Bertz CT molecular complexity index is 1040. The maximum Gasteiger partial charge on any atom is 0.228 e. The Balaban J connectivity index is 1.64. The highest BCUT2D eigenvalue weighted by atomic mass is 35.5. The molecule has 2 saturated heterocycles. The number of benzene rings is 1. The van der Waals surface area contributed by atoms with Gasteiger partial charge in [-0.15, -0.1) is 0 Å². The van der Waals surface area contributed by atoms with Crippen molar-refractivity contribution in [2.45, 2.75) is 116 Å². The highest BCUT2D eigenvalue weighted by Gasteiger charge is 2.50. The van der Waals surface area contributed by atoms with Crippen LogP contribution in [0.2, 0.25) is 5.02 Å². The lowest BCUT2D eigenvalue weighted by atomic mass is 9.84. The lowest BCUT2D eigenvalue weighted by molar-refractivity contribution is -0.146. The van der Waals surface area contributed by atoms with Gasteiger partial charge in [0.2, 0.25) is 11.8 Å². The van der Waals surface area contributed by atoms with Crippen LogP contribution in [0.1, 0.15) is 92.1 Å². The van der Waals surface area contributed by atoms with Crippen LogP contribution in [0.4, 0.5) is 0 Å². The Hall–Kier alpha value is -1.67. The fourth-order valence-electron chi connectivity index (χ4n) is 7.02. The molecule has 1 aliphatic carbocycles. The molecule has 1 aromatic carbocycles. The third-order valence-corrected chi connectivity index (χ3v) is 9.78. The van der Waals surface area contributed by atoms with Crippen molar-refractivity contribution in [2.75, 3.05) is 19.6 Å². The van der Waals surface area contributed by atoms with E-state index >= 15 is 0 Å². The van der Waals surface area contributed by atoms with Crippen molar-refractivity contribution in [3.05, 3.63) is 34.9 Å². The van der Waals surface area contributed by atoms with Crippen LogP contribution >= 0.6 is 11.6 Å². The summed E-state index contributed by atoms with van der Waals surface area (Å²) < 4.78 is 0. The number of aliphatic hydroxyl groups is 1. The molecule has 40 heavy (non-hydrogen) atoms. The first-order valence-electron chi connectivity index (χ1n) is 15.1. The Kier molecular flexibility index (Phi) is 9.31. The van der Waals surface area contributed by atoms with E-state index in [4.69, 9.17) is 17.3 Å². The molecule has 0 spiro atoms. The lowest BCUT2D eigenvalue weighted by Crippen LogP contribution is -2.53. The van der Waals surface area contributed by atoms with Crippen molar-refractivity contribution in [1.82, 2.24) is 14.7 Å². The quantitative estimate of drug-likeness (QED) is 0.491. The van der Waals surface area contributed by atoms with Crippen molar-refractivity contribution in [3.63, 3.8) is 0 Å². The molecule has 3 N–H and O–H groups in total. The average molecular weight is 575 g/mol. The molecule has 1 aromatic rings. The number of hydrogen-bond donors (Lipinski definition) is 2. The monoisotopic (exact) mass is 574 g/mol. The number of carbonyl (C=O) groups excluding carboxylic acids is 2. The van der Waals surface area contributed by atoms with Gasteiger partial charge in [-0.25, -0.2) is 0 Å². The second-order valence-corrected chi connectivity index (χ2v) is 15.1. The van der Waals surface area contributed by atoms with Crippen LogP contribution in [0.5, 0.6) is 0 Å². The zero-order chi connectivity index (χ0) is 29.6. The Morgan fingerprint density at radius 3 is 2.10 bits per heavy atom. The van der Waals surface area contributed by atoms with Crippen LogP contribution in [0.25, 0.3) is 0 Å². The second kappa shape index (κ2) is 11.9. The molecule has 5 atom stereocenters. The Morgan fingerprint density at radius 1 is 0.975 bits per heavy atom. The normalized spacial score (nSPS) is 30.9. The number of aliphatic hydroxyl groups excluding tert-OH is 1. The Labute approximate surface area is 246 Å². The molecular formula is C32H51ClN4O3. The van der Waals surface area contributed by atoms with Crippen LogP contribution in [0, 0.1) is 17.3 Å². The molecule has 7 nitrogen and oxygen atoms in total. The van der Waals surface area contributed by atoms with E-state index in [0.717, 1.165) is 37.8 Å². The Morgan fingerprint density at radius 2 is 1.57 bits per heavy atom. The molecule has 3 aliphatic rings. The molecule has 8 heteroatoms. The molecule has 2 aliphatic heterocycles. The maximum atomic E-state index is 14.4. The second-order valence-electron chi connectivity index (χ2n) is 14.7. The minimum absolute atomic E-state index is 0.00533. The van der Waals surface area contributed by atoms with E-state index in [1.54, 1.807) is 0 Å². The van der Waals surface area contributed by atoms with Gasteiger partial charge in [-0.1, -0.05) is 51.4 Å². The van der Waals surface area contributed by atoms with E-state index < -0.39 is 17.7 Å². The number of nitrogens with zero attached hydrogens (tertiary/aromatic N) is 3. The van der Waals surface area contributed by atoms with Gasteiger partial charge in [0.25, 0.3) is 0 Å². The minimum Gasteiger partial charge on any atom is -0.377 e. The minimum atomic E-state index is -1.17. The summed E-state index contributed by atoms with van der Waals surface area (Å²) in [5.74, 6) is 0.536. The molecular weight excluding hydrogens is 524 g/mol. The van der Waals surface area contributed by atoms with Crippen molar-refractivity contribution in [1.29, 1.82) is 0 Å². The van der Waals surface area contributed by atoms with Crippen LogP contribution < -0.4 is 5.73 Å². The van der Waals surface area contributed by atoms with Crippen molar-refractivity contribution in [2.24, 2.45) is 23.0 Å². The van der Waals surface area contributed by atoms with E-state index in [2.05, 4.69) is 37.5 Å². The summed E-state index contributed by atoms with van der Waals surface area (Å²) in [6.45, 7) is 16.5. The number of nitrogens with two attached hydrogens (primary N) is 1. The van der Waals surface area contributed by atoms with Gasteiger partial charge in [-0.05, 0) is 76.5 Å². The summed E-state index contributed by atoms with van der Waals surface area (Å²) in [5.41, 5.74) is 6.61. The maximum absolute atomic E-state index is 14.4. The predicted molar refractivity (Wildman–Crippen MR) is 161 cm³/mol. The summed E-state index contributed by atoms with van der Waals surface area (Å²) in [6, 6.07) is 7.29. The largest absolute Gasteiger partial charge is 0.377 e. The molecule has 1 unspecified atom stereocenters. The van der Waals surface area contributed by atoms with Crippen molar-refractivity contribution >= 4 is 23.4 Å². The van der Waals surface area contributed by atoms with Gasteiger partial charge in [0.05, 0.1) is 18.0 Å². The topological polar surface area (TPSA) is 90.1 Å². The fraction of sp³-hybridized carbons (Fsp3) is 0.750. The zero-order valence-electron chi connectivity index (χ0n) is 25.6. The SMILES string of the molecule is CC1CCC(N(C(=O)C(C)(C)C)[C@H]2C[C@@H](C(N)O)N(C(=O)[C@@H]3CN(C(C)(C)C)C[C@H]3c3ccc(Cl)cc3)C2)CC1. The molecule has 0 aromatic heterocycles. The van der Waals surface area contributed by atoms with Gasteiger partial charge in [0, 0.05) is 47.6 Å². The number of amides is 2. The van der Waals surface area contributed by atoms with E-state index in [-0.39, 0.29) is 41.3 Å². The molecule has 2 heterocycles. The summed E-state index contributed by atoms with van der Waals surface area (Å²) in [4.78, 5) is 34.6. The highest BCUT2D eigenvalue weighted by molar-refractivity contribution is 6.30. The number of halogens is 1. The fourth-order valence-corrected chi connectivity index (χ4v) is 7.15. The van der Waals surface area contributed by atoms with Gasteiger partial charge >= 0.3 is 0 Å². The summed E-state index contributed by atoms with van der Waals surface area (Å²) in [5, 5.41) is 11.4. The van der Waals surface area contributed by atoms with E-state index in [0.29, 0.717) is 30.5 Å². The summed E-state index contributed by atoms with van der Waals surface area (Å²) in [7, 11) is 0. The van der Waals surface area contributed by atoms with Gasteiger partial charge in [-0.2, -0.15) is 0 Å². The molecule has 3 fully saturated rings. The smallest absolute Gasteiger partial charge is 0.228 e. The van der Waals surface area contributed by atoms with Gasteiger partial charge in [0.15, 0.2) is 0 Å². The summed E-state index contributed by atoms with van der Waals surface area (Å²) >= 11 is 6.19. The standard InChI is InChI=1S/C32H51ClN4O3/c1-20-8-14-23(15-9-20)37(30(40)31(2,3)4)24-16-27(28(34)38)36(17-24)29(39)26-19-35(32(5,6)7)18-25(26)21-10-12-22(33)13-11-21/h10-13,20,23-28,38H,8-9,14-19,34H2,1-7H3/t20?,23?,24-,25-,26+,27-,28?/m0/s1. The highest BCUT2D eigenvalue weighted by Crippen LogP contribution is 2.40. The van der Waals surface area contributed by atoms with Crippen LogP contribution in [0.15, 0.2) is 24.3 Å². The van der Waals surface area contributed by atoms with Crippen LogP contribution in [-0.2, 0) is 9.59 Å². The third-order valence-electron chi connectivity index (χ3n) is 9.53. The first-order chi connectivity index (χ1) is 18.6. The molecule has 0 radical (unpaired) electrons. The number of hydrogen-bond acceptors (Lipinski definition) is 5. The predicted octanol–water partition coefficient (Wildman–Crippen LogP) is 4.85. The lowest BCUT2D eigenvalue weighted by Gasteiger charge is -2.42. The van der Waals surface area contributed by atoms with Gasteiger partial charge in [-0.3, -0.25) is 14.5 Å². The van der Waals surface area contributed by atoms with Crippen molar-refractivity contribution in [3.8, 4) is 0 Å². The first kappa shape index (κ1) is 31.3. The molecule has 224 valence electrons. The van der Waals surface area contributed by atoms with Crippen LogP contribution in [-0.4, -0.2) is 81.1 Å². The van der Waals surface area contributed by atoms with Gasteiger partial charge < -0.3 is 20.6 Å². The molecule has 4 rings (SSSR count). The molecule has 2 amide bonds. The van der Waals surface area contributed by atoms with E-state index in [1.165, 1.54) is 0 Å². The molecule has 0 bridgehead atoms. The number of likely N-dealkylation sites (tertiary alicyclic amines) is 2. The van der Waals surface area contributed by atoms with Crippen LogP contribution in [0.3, 0.4) is 0 Å². The van der Waals surface area contributed by atoms with Gasteiger partial charge in [0.1, 0.15) is 6.23 Å². The van der Waals surface area contributed by atoms with E-state index in [9.17, 15) is 14.7 Å². The summed E-state index contributed by atoms with van der Waals surface area (Å²) in [6.07, 6.45) is 3.49. The van der Waals surface area contributed by atoms with E-state index in [1.807, 2.05) is 49.9 Å². The van der Waals surface area contributed by atoms with Crippen molar-refractivity contribution < 1.29 is 14.7 Å². The third kappa shape index (κ3) is 6.69. The first-order valence-corrected chi connectivity index (χ1v) is 15.5. The number of rotatable bonds is 5. The molecule has 1 saturated carbocycles. The zero-order valence-corrected chi connectivity index (χ0v) is 26.3. The number of carbonyl (C=O) groups is 2.